The minimum atomic E-state index is 0.803. The van der Waals surface area contributed by atoms with Crippen molar-refractivity contribution in [3.8, 4) is 0 Å². The van der Waals surface area contributed by atoms with Crippen LogP contribution in [0.15, 0.2) is 0 Å². The monoisotopic (exact) mass is 199 g/mol. The molecular weight excluding hydrogens is 170 g/mol. The molecule has 1 aliphatic heterocycles. The minimum Gasteiger partial charge on any atom is -0.303 e. The first-order valence-corrected chi connectivity index (χ1v) is 6.35. The standard InChI is InChI=1S/C11H23N.C2H6/c1-5-6-11-7-10(3)12(4)8-9(11)2;1-2/h9-11H,5-8H2,1-4H3;1-2H3. The summed E-state index contributed by atoms with van der Waals surface area (Å²) in [7, 11) is 2.25. The highest BCUT2D eigenvalue weighted by atomic mass is 15.1. The number of nitrogens with zero attached hydrogens (tertiary/aromatic N) is 1. The lowest BCUT2D eigenvalue weighted by Gasteiger charge is -2.39. The van der Waals surface area contributed by atoms with E-state index >= 15 is 0 Å². The van der Waals surface area contributed by atoms with Gasteiger partial charge in [-0.1, -0.05) is 40.5 Å². The van der Waals surface area contributed by atoms with Crippen LogP contribution < -0.4 is 0 Å². The van der Waals surface area contributed by atoms with Crippen molar-refractivity contribution in [1.82, 2.24) is 4.90 Å². The van der Waals surface area contributed by atoms with Crippen LogP contribution in [0.5, 0.6) is 0 Å². The third-order valence-corrected chi connectivity index (χ3v) is 3.44. The Labute approximate surface area is 90.9 Å². The zero-order chi connectivity index (χ0) is 11.1. The predicted octanol–water partition coefficient (Wildman–Crippen LogP) is 3.79. The number of hydrogen-bond donors (Lipinski definition) is 0. The number of hydrogen-bond acceptors (Lipinski definition) is 1. The molecule has 1 rings (SSSR count). The Morgan fingerprint density at radius 3 is 2.29 bits per heavy atom. The van der Waals surface area contributed by atoms with Gasteiger partial charge in [-0.15, -0.1) is 0 Å². The van der Waals surface area contributed by atoms with Gasteiger partial charge in [-0.05, 0) is 32.2 Å². The van der Waals surface area contributed by atoms with Gasteiger partial charge in [0.25, 0.3) is 0 Å². The van der Waals surface area contributed by atoms with E-state index in [2.05, 4.69) is 32.7 Å². The molecule has 1 aliphatic rings. The smallest absolute Gasteiger partial charge is 0.00667 e. The lowest BCUT2D eigenvalue weighted by atomic mass is 9.81. The predicted molar refractivity (Wildman–Crippen MR) is 65.6 cm³/mol. The van der Waals surface area contributed by atoms with Crippen molar-refractivity contribution in [2.24, 2.45) is 11.8 Å². The molecule has 0 aromatic rings. The molecule has 0 aromatic carbocycles. The molecule has 0 amide bonds. The molecule has 0 radical (unpaired) electrons. The fourth-order valence-electron chi connectivity index (χ4n) is 2.41. The van der Waals surface area contributed by atoms with Crippen LogP contribution in [0.4, 0.5) is 0 Å². The molecule has 0 aromatic heterocycles. The molecule has 1 fully saturated rings. The first-order chi connectivity index (χ1) is 6.65. The Bertz CT molecular complexity index is 133. The van der Waals surface area contributed by atoms with Crippen molar-refractivity contribution in [2.45, 2.75) is 59.9 Å². The molecule has 0 saturated carbocycles. The van der Waals surface area contributed by atoms with Crippen LogP contribution in [0.1, 0.15) is 53.9 Å². The van der Waals surface area contributed by atoms with Gasteiger partial charge in [0.05, 0.1) is 0 Å². The Balaban J connectivity index is 0.000000791. The molecule has 0 N–H and O–H groups in total. The highest BCUT2D eigenvalue weighted by Gasteiger charge is 2.27. The second kappa shape index (κ2) is 7.28. The van der Waals surface area contributed by atoms with Gasteiger partial charge in [-0.2, -0.15) is 0 Å². The van der Waals surface area contributed by atoms with E-state index in [0.29, 0.717) is 0 Å². The maximum atomic E-state index is 2.50. The van der Waals surface area contributed by atoms with Crippen molar-refractivity contribution in [2.75, 3.05) is 13.6 Å². The third kappa shape index (κ3) is 4.00. The molecule has 3 atom stereocenters. The van der Waals surface area contributed by atoms with E-state index in [-0.39, 0.29) is 0 Å². The average Bonchev–Trinajstić information content (AvgIpc) is 2.18. The summed E-state index contributed by atoms with van der Waals surface area (Å²) in [6, 6.07) is 0.803. The fourth-order valence-corrected chi connectivity index (χ4v) is 2.41. The Kier molecular flexibility index (Phi) is 7.26. The summed E-state index contributed by atoms with van der Waals surface area (Å²) in [4.78, 5) is 2.50. The topological polar surface area (TPSA) is 3.24 Å². The van der Waals surface area contributed by atoms with Crippen LogP contribution in [0.25, 0.3) is 0 Å². The van der Waals surface area contributed by atoms with Gasteiger partial charge in [-0.3, -0.25) is 0 Å². The number of rotatable bonds is 2. The van der Waals surface area contributed by atoms with Gasteiger partial charge in [0.1, 0.15) is 0 Å². The third-order valence-electron chi connectivity index (χ3n) is 3.44. The molecule has 0 aliphatic carbocycles. The highest BCUT2D eigenvalue weighted by molar-refractivity contribution is 4.80. The lowest BCUT2D eigenvalue weighted by Crippen LogP contribution is -2.42. The largest absolute Gasteiger partial charge is 0.303 e. The fraction of sp³-hybridized carbons (Fsp3) is 1.00. The summed E-state index contributed by atoms with van der Waals surface area (Å²) in [5.41, 5.74) is 0. The van der Waals surface area contributed by atoms with E-state index in [0.717, 1.165) is 17.9 Å². The summed E-state index contributed by atoms with van der Waals surface area (Å²) in [5, 5.41) is 0. The van der Waals surface area contributed by atoms with E-state index in [1.807, 2.05) is 13.8 Å². The molecule has 1 heterocycles. The normalized spacial score (nSPS) is 33.4. The number of piperidine rings is 1. The summed E-state index contributed by atoms with van der Waals surface area (Å²) >= 11 is 0. The molecule has 1 nitrogen and oxygen atoms in total. The van der Waals surface area contributed by atoms with Crippen molar-refractivity contribution in [3.05, 3.63) is 0 Å². The SMILES string of the molecule is CC.CCCC1CC(C)N(C)CC1C. The van der Waals surface area contributed by atoms with Crippen LogP contribution in [0.3, 0.4) is 0 Å². The van der Waals surface area contributed by atoms with E-state index in [9.17, 15) is 0 Å². The average molecular weight is 199 g/mol. The van der Waals surface area contributed by atoms with Crippen molar-refractivity contribution in [1.29, 1.82) is 0 Å². The second-order valence-electron chi connectivity index (χ2n) is 4.55. The zero-order valence-corrected chi connectivity index (χ0v) is 11.0. The molecular formula is C13H29N. The maximum Gasteiger partial charge on any atom is 0.00667 e. The van der Waals surface area contributed by atoms with E-state index in [1.54, 1.807) is 0 Å². The molecule has 1 heteroatoms. The van der Waals surface area contributed by atoms with Crippen molar-refractivity contribution < 1.29 is 0 Å². The van der Waals surface area contributed by atoms with E-state index in [4.69, 9.17) is 0 Å². The summed E-state index contributed by atoms with van der Waals surface area (Å²) in [5.74, 6) is 1.90. The van der Waals surface area contributed by atoms with Crippen LogP contribution >= 0.6 is 0 Å². The first kappa shape index (κ1) is 14.0. The Morgan fingerprint density at radius 1 is 1.21 bits per heavy atom. The maximum absolute atomic E-state index is 2.50. The van der Waals surface area contributed by atoms with Gasteiger partial charge in [0.2, 0.25) is 0 Å². The summed E-state index contributed by atoms with van der Waals surface area (Å²) < 4.78 is 0. The molecule has 1 saturated heterocycles. The van der Waals surface area contributed by atoms with Gasteiger partial charge in [-0.25, -0.2) is 0 Å². The van der Waals surface area contributed by atoms with Crippen LogP contribution in [0.2, 0.25) is 0 Å². The van der Waals surface area contributed by atoms with Crippen LogP contribution in [-0.4, -0.2) is 24.5 Å². The van der Waals surface area contributed by atoms with Gasteiger partial charge >= 0.3 is 0 Å². The summed E-state index contributed by atoms with van der Waals surface area (Å²) in [6.07, 6.45) is 4.19. The molecule has 0 spiro atoms. The van der Waals surface area contributed by atoms with E-state index < -0.39 is 0 Å². The van der Waals surface area contributed by atoms with Crippen LogP contribution in [-0.2, 0) is 0 Å². The van der Waals surface area contributed by atoms with Crippen LogP contribution in [0, 0.1) is 11.8 Å². The highest BCUT2D eigenvalue weighted by Crippen LogP contribution is 2.29. The zero-order valence-electron chi connectivity index (χ0n) is 11.0. The molecule has 0 bridgehead atoms. The van der Waals surface area contributed by atoms with Gasteiger partial charge < -0.3 is 4.90 Å². The Hall–Kier alpha value is -0.0400. The quantitative estimate of drug-likeness (QED) is 0.654. The van der Waals surface area contributed by atoms with E-state index in [1.165, 1.54) is 25.8 Å². The molecule has 86 valence electrons. The first-order valence-electron chi connectivity index (χ1n) is 6.35. The number of likely N-dealkylation sites (tertiary alicyclic amines) is 1. The molecule has 14 heavy (non-hydrogen) atoms. The second-order valence-corrected chi connectivity index (χ2v) is 4.55. The van der Waals surface area contributed by atoms with Gasteiger partial charge in [0, 0.05) is 12.6 Å². The van der Waals surface area contributed by atoms with Crippen molar-refractivity contribution >= 4 is 0 Å². The Morgan fingerprint density at radius 2 is 1.79 bits per heavy atom. The van der Waals surface area contributed by atoms with Gasteiger partial charge in [0.15, 0.2) is 0 Å². The van der Waals surface area contributed by atoms with Crippen molar-refractivity contribution in [3.63, 3.8) is 0 Å². The summed E-state index contributed by atoms with van der Waals surface area (Å²) in [6.45, 7) is 12.4. The lowest BCUT2D eigenvalue weighted by molar-refractivity contribution is 0.0975. The molecule has 3 unspecified atom stereocenters. The minimum absolute atomic E-state index is 0.803.